The van der Waals surface area contributed by atoms with Crippen molar-refractivity contribution in [3.05, 3.63) is 58.3 Å². The van der Waals surface area contributed by atoms with E-state index in [1.54, 1.807) is 6.92 Å². The third-order valence-electron chi connectivity index (χ3n) is 5.30. The summed E-state index contributed by atoms with van der Waals surface area (Å²) in [6.45, 7) is 1.65. The van der Waals surface area contributed by atoms with Crippen LogP contribution in [0.25, 0.3) is 0 Å². The van der Waals surface area contributed by atoms with Crippen LogP contribution in [-0.2, 0) is 4.79 Å². The molecule has 2 aliphatic carbocycles. The van der Waals surface area contributed by atoms with Gasteiger partial charge in [-0.05, 0) is 39.6 Å². The molecule has 4 rings (SSSR count). The number of hydrogen-bond acceptors (Lipinski definition) is 7. The molecule has 0 saturated heterocycles. The molecule has 1 aromatic carbocycles. The molecule has 0 fully saturated rings. The molecule has 1 aromatic heterocycles. The van der Waals surface area contributed by atoms with Crippen molar-refractivity contribution in [2.75, 3.05) is 14.1 Å². The quantitative estimate of drug-likeness (QED) is 0.815. The van der Waals surface area contributed by atoms with E-state index in [2.05, 4.69) is 5.16 Å². The molecular weight excluding hydrogens is 364 g/mol. The van der Waals surface area contributed by atoms with Crippen molar-refractivity contribution in [1.29, 1.82) is 0 Å². The lowest BCUT2D eigenvalue weighted by Crippen LogP contribution is -2.60. The number of nitrogens with zero attached hydrogens (tertiary/aromatic N) is 2. The van der Waals surface area contributed by atoms with Gasteiger partial charge in [0.15, 0.2) is 11.4 Å². The Morgan fingerprint density at radius 2 is 1.93 bits per heavy atom. The molecular formula is C20H20N2O4S. The van der Waals surface area contributed by atoms with Gasteiger partial charge in [0, 0.05) is 10.8 Å². The average Bonchev–Trinajstić information content (AvgIpc) is 3.02. The number of aliphatic hydroxyl groups is 1. The van der Waals surface area contributed by atoms with Crippen LogP contribution in [0.1, 0.15) is 34.3 Å². The van der Waals surface area contributed by atoms with Crippen LogP contribution in [0.15, 0.2) is 50.7 Å². The number of Topliss-reactive ketones (excluding diaryl/α,β-unsaturated/α-hetero) is 2. The summed E-state index contributed by atoms with van der Waals surface area (Å²) in [6.07, 6.45) is 2.21. The second-order valence-corrected chi connectivity index (χ2v) is 8.28. The number of thioether (sulfide) groups is 1. The lowest BCUT2D eigenvalue weighted by atomic mass is 9.65. The monoisotopic (exact) mass is 384 g/mol. The Morgan fingerprint density at radius 1 is 1.22 bits per heavy atom. The highest BCUT2D eigenvalue weighted by Gasteiger charge is 2.61. The van der Waals surface area contributed by atoms with Gasteiger partial charge in [-0.25, -0.2) is 0 Å². The largest absolute Gasteiger partial charge is 0.374 e. The van der Waals surface area contributed by atoms with E-state index in [1.807, 2.05) is 55.4 Å². The van der Waals surface area contributed by atoms with Crippen LogP contribution < -0.4 is 0 Å². The first-order chi connectivity index (χ1) is 12.9. The highest BCUT2D eigenvalue weighted by Crippen LogP contribution is 2.50. The van der Waals surface area contributed by atoms with Crippen molar-refractivity contribution in [2.45, 2.75) is 29.9 Å². The Morgan fingerprint density at radius 3 is 2.59 bits per heavy atom. The summed E-state index contributed by atoms with van der Waals surface area (Å²) < 4.78 is 5.42. The van der Waals surface area contributed by atoms with Crippen molar-refractivity contribution in [3.8, 4) is 0 Å². The first-order valence-corrected chi connectivity index (χ1v) is 9.55. The predicted octanol–water partition coefficient (Wildman–Crippen LogP) is 2.78. The number of rotatable bonds is 3. The number of ketones is 2. The SMILES string of the molecule is Cc1noc2c1C(=O)[C@@]1(O)C(=O)C(Sc3ccccc3)=CC[C@H]1[C@@H]2N(C)C. The summed E-state index contributed by atoms with van der Waals surface area (Å²) in [7, 11) is 3.68. The lowest BCUT2D eigenvalue weighted by Gasteiger charge is -2.45. The van der Waals surface area contributed by atoms with Gasteiger partial charge < -0.3 is 9.63 Å². The third-order valence-corrected chi connectivity index (χ3v) is 6.38. The minimum absolute atomic E-state index is 0.228. The molecule has 0 aliphatic heterocycles. The number of carbonyl (C=O) groups excluding carboxylic acids is 2. The van der Waals surface area contributed by atoms with Gasteiger partial charge >= 0.3 is 0 Å². The molecule has 2 aromatic rings. The fraction of sp³-hybridized carbons (Fsp3) is 0.350. The number of benzene rings is 1. The normalized spacial score (nSPS) is 27.4. The minimum Gasteiger partial charge on any atom is -0.374 e. The summed E-state index contributed by atoms with van der Waals surface area (Å²) in [5.74, 6) is -1.34. The minimum atomic E-state index is -2.11. The zero-order chi connectivity index (χ0) is 19.3. The molecule has 0 radical (unpaired) electrons. The topological polar surface area (TPSA) is 83.6 Å². The van der Waals surface area contributed by atoms with Crippen LogP contribution in [0, 0.1) is 12.8 Å². The van der Waals surface area contributed by atoms with Crippen molar-refractivity contribution in [3.63, 3.8) is 0 Å². The molecule has 3 atom stereocenters. The van der Waals surface area contributed by atoms with E-state index in [-0.39, 0.29) is 5.56 Å². The van der Waals surface area contributed by atoms with E-state index in [9.17, 15) is 14.7 Å². The van der Waals surface area contributed by atoms with E-state index >= 15 is 0 Å². The van der Waals surface area contributed by atoms with Crippen LogP contribution in [0.5, 0.6) is 0 Å². The van der Waals surface area contributed by atoms with Crippen LogP contribution in [0.4, 0.5) is 0 Å². The number of allylic oxidation sites excluding steroid dienone is 1. The van der Waals surface area contributed by atoms with Gasteiger partial charge in [0.2, 0.25) is 11.6 Å². The lowest BCUT2D eigenvalue weighted by molar-refractivity contribution is -0.137. The summed E-state index contributed by atoms with van der Waals surface area (Å²) in [4.78, 5) is 29.6. The Balaban J connectivity index is 1.80. The van der Waals surface area contributed by atoms with Crippen molar-refractivity contribution in [1.82, 2.24) is 10.1 Å². The highest BCUT2D eigenvalue weighted by molar-refractivity contribution is 8.04. The van der Waals surface area contributed by atoms with E-state index in [0.29, 0.717) is 22.8 Å². The van der Waals surface area contributed by atoms with Gasteiger partial charge in [-0.1, -0.05) is 41.2 Å². The zero-order valence-electron chi connectivity index (χ0n) is 15.3. The summed E-state index contributed by atoms with van der Waals surface area (Å²) in [5.41, 5.74) is -1.48. The molecule has 7 heteroatoms. The number of aromatic nitrogens is 1. The van der Waals surface area contributed by atoms with Gasteiger partial charge in [-0.3, -0.25) is 14.5 Å². The smallest absolute Gasteiger partial charge is 0.209 e. The second kappa shape index (κ2) is 6.44. The van der Waals surface area contributed by atoms with Crippen LogP contribution >= 0.6 is 11.8 Å². The molecule has 0 unspecified atom stereocenters. The van der Waals surface area contributed by atoms with Crippen molar-refractivity contribution in [2.24, 2.45) is 5.92 Å². The van der Waals surface area contributed by atoms with Gasteiger partial charge in [0.05, 0.1) is 22.2 Å². The molecule has 27 heavy (non-hydrogen) atoms. The zero-order valence-corrected chi connectivity index (χ0v) is 16.1. The maximum Gasteiger partial charge on any atom is 0.209 e. The Kier molecular flexibility index (Phi) is 4.33. The summed E-state index contributed by atoms with van der Waals surface area (Å²) in [5, 5.41) is 15.4. The van der Waals surface area contributed by atoms with Crippen molar-refractivity contribution < 1.29 is 19.2 Å². The van der Waals surface area contributed by atoms with Gasteiger partial charge in [-0.2, -0.15) is 0 Å². The molecule has 140 valence electrons. The molecule has 6 nitrogen and oxygen atoms in total. The van der Waals surface area contributed by atoms with Crippen LogP contribution in [-0.4, -0.2) is 46.4 Å². The van der Waals surface area contributed by atoms with E-state index < -0.39 is 29.1 Å². The Labute approximate surface area is 161 Å². The molecule has 0 bridgehead atoms. The summed E-state index contributed by atoms with van der Waals surface area (Å²) in [6, 6.07) is 9.04. The number of aryl methyl sites for hydroxylation is 1. The molecule has 0 amide bonds. The Bertz CT molecular complexity index is 950. The molecule has 0 spiro atoms. The Hall–Kier alpha value is -2.22. The van der Waals surface area contributed by atoms with E-state index in [4.69, 9.17) is 4.52 Å². The first-order valence-electron chi connectivity index (χ1n) is 8.73. The van der Waals surface area contributed by atoms with Gasteiger partial charge in [-0.15, -0.1) is 0 Å². The van der Waals surface area contributed by atoms with Gasteiger partial charge in [0.1, 0.15) is 0 Å². The highest BCUT2D eigenvalue weighted by atomic mass is 32.2. The maximum atomic E-state index is 13.3. The third kappa shape index (κ3) is 2.61. The fourth-order valence-corrected chi connectivity index (χ4v) is 4.99. The average molecular weight is 384 g/mol. The second-order valence-electron chi connectivity index (χ2n) is 7.17. The molecule has 0 saturated carbocycles. The number of hydrogen-bond donors (Lipinski definition) is 1. The first kappa shape index (κ1) is 18.2. The van der Waals surface area contributed by atoms with E-state index in [1.165, 1.54) is 11.8 Å². The van der Waals surface area contributed by atoms with Crippen LogP contribution in [0.3, 0.4) is 0 Å². The molecule has 1 N–H and O–H groups in total. The van der Waals surface area contributed by atoms with Gasteiger partial charge in [0.25, 0.3) is 0 Å². The predicted molar refractivity (Wildman–Crippen MR) is 100 cm³/mol. The van der Waals surface area contributed by atoms with E-state index in [0.717, 1.165) is 4.90 Å². The summed E-state index contributed by atoms with van der Waals surface area (Å²) >= 11 is 1.27. The maximum absolute atomic E-state index is 13.3. The fourth-order valence-electron chi connectivity index (χ4n) is 4.02. The standard InChI is InChI=1S/C20H20N2O4S/c1-11-15-17(26-21-11)16(22(2)3)13-9-10-14(18(23)20(13,25)19(15)24)27-12-7-5-4-6-8-12/h4-8,10,13,16,25H,9H2,1-3H3/t13-,16-,20-/m0/s1. The number of fused-ring (bicyclic) bond motifs is 2. The van der Waals surface area contributed by atoms with Crippen LogP contribution in [0.2, 0.25) is 0 Å². The number of carbonyl (C=O) groups is 2. The molecule has 2 aliphatic rings. The molecule has 1 heterocycles. The van der Waals surface area contributed by atoms with Crippen molar-refractivity contribution >= 4 is 23.3 Å².